The maximum Gasteiger partial charge on any atom is 0.235 e. The molecule has 4 nitrogen and oxygen atoms in total. The van der Waals surface area contributed by atoms with E-state index in [2.05, 4.69) is 82.3 Å². The van der Waals surface area contributed by atoms with Crippen LogP contribution < -0.4 is 0 Å². The van der Waals surface area contributed by atoms with Crippen LogP contribution in [-0.4, -0.2) is 19.5 Å². The van der Waals surface area contributed by atoms with E-state index in [4.69, 9.17) is 9.97 Å². The Kier molecular flexibility index (Phi) is 4.42. The zero-order valence-electron chi connectivity index (χ0n) is 18.8. The van der Waals surface area contributed by atoms with Gasteiger partial charge in [-0.05, 0) is 30.3 Å². The van der Waals surface area contributed by atoms with Crippen LogP contribution in [0.4, 0.5) is 0 Å². The predicted molar refractivity (Wildman–Crippen MR) is 143 cm³/mol. The van der Waals surface area contributed by atoms with Gasteiger partial charge < -0.3 is 0 Å². The van der Waals surface area contributed by atoms with E-state index >= 15 is 0 Å². The summed E-state index contributed by atoms with van der Waals surface area (Å²) in [4.78, 5) is 14.8. The SMILES string of the molecule is c1ccc(-c2cc(-c3ccccc3)nc(-n3c4ccccc4c4c5cccnc5ccc43)n2)cc1. The van der Waals surface area contributed by atoms with Gasteiger partial charge in [0.15, 0.2) is 0 Å². The Balaban J connectivity index is 1.60. The van der Waals surface area contributed by atoms with Crippen LogP contribution in [0.25, 0.3) is 61.2 Å². The Hall–Kier alpha value is -4.83. The Morgan fingerprint density at radius 2 is 1.14 bits per heavy atom. The van der Waals surface area contributed by atoms with E-state index in [-0.39, 0.29) is 0 Å². The van der Waals surface area contributed by atoms with Gasteiger partial charge in [-0.15, -0.1) is 0 Å². The van der Waals surface area contributed by atoms with E-state index in [1.54, 1.807) is 0 Å². The standard InChI is InChI=1S/C31H20N4/c1-3-10-21(11-4-1)26-20-27(22-12-5-2-6-13-22)34-31(33-26)35-28-16-8-7-14-24(28)30-23-15-9-19-32-25(23)17-18-29(30)35/h1-20H. The molecule has 0 fully saturated rings. The second-order valence-electron chi connectivity index (χ2n) is 8.55. The van der Waals surface area contributed by atoms with Gasteiger partial charge in [-0.25, -0.2) is 9.97 Å². The smallest absolute Gasteiger partial charge is 0.235 e. The number of hydrogen-bond donors (Lipinski definition) is 0. The fraction of sp³-hybridized carbons (Fsp3) is 0. The van der Waals surface area contributed by atoms with Gasteiger partial charge in [-0.2, -0.15) is 0 Å². The fourth-order valence-electron chi connectivity index (χ4n) is 4.88. The van der Waals surface area contributed by atoms with Gasteiger partial charge in [-0.1, -0.05) is 84.9 Å². The van der Waals surface area contributed by atoms with E-state index in [9.17, 15) is 0 Å². The molecule has 7 aromatic rings. The lowest BCUT2D eigenvalue weighted by molar-refractivity contribution is 0.996. The summed E-state index contributed by atoms with van der Waals surface area (Å²) in [5.41, 5.74) is 7.02. The number of nitrogens with zero attached hydrogens (tertiary/aromatic N) is 4. The summed E-state index contributed by atoms with van der Waals surface area (Å²) >= 11 is 0. The molecule has 0 amide bonds. The zero-order valence-corrected chi connectivity index (χ0v) is 18.8. The molecule has 0 N–H and O–H groups in total. The average molecular weight is 449 g/mol. The molecule has 4 aromatic carbocycles. The first-order chi connectivity index (χ1) is 17.4. The molecule has 0 aliphatic carbocycles. The highest BCUT2D eigenvalue weighted by Crippen LogP contribution is 2.36. The number of pyridine rings is 1. The van der Waals surface area contributed by atoms with Crippen molar-refractivity contribution in [2.45, 2.75) is 0 Å². The summed E-state index contributed by atoms with van der Waals surface area (Å²) in [5.74, 6) is 0.652. The molecule has 0 aliphatic rings. The van der Waals surface area contributed by atoms with Crippen molar-refractivity contribution in [1.29, 1.82) is 0 Å². The Morgan fingerprint density at radius 3 is 1.86 bits per heavy atom. The first kappa shape index (κ1) is 19.6. The molecule has 0 spiro atoms. The lowest BCUT2D eigenvalue weighted by Gasteiger charge is -2.11. The first-order valence-corrected chi connectivity index (χ1v) is 11.6. The Labute approximate surface area is 202 Å². The normalized spacial score (nSPS) is 11.4. The number of fused-ring (bicyclic) bond motifs is 5. The van der Waals surface area contributed by atoms with Crippen LogP contribution in [0.2, 0.25) is 0 Å². The minimum atomic E-state index is 0.652. The largest absolute Gasteiger partial charge is 0.278 e. The molecule has 35 heavy (non-hydrogen) atoms. The molecule has 0 aliphatic heterocycles. The van der Waals surface area contributed by atoms with Crippen molar-refractivity contribution in [3.63, 3.8) is 0 Å². The molecule has 4 heteroatoms. The highest BCUT2D eigenvalue weighted by molar-refractivity contribution is 6.20. The maximum atomic E-state index is 5.09. The van der Waals surface area contributed by atoms with Gasteiger partial charge in [-0.3, -0.25) is 9.55 Å². The van der Waals surface area contributed by atoms with E-state index in [1.807, 2.05) is 48.7 Å². The highest BCUT2D eigenvalue weighted by Gasteiger charge is 2.18. The van der Waals surface area contributed by atoms with Crippen LogP contribution in [0.1, 0.15) is 0 Å². The third-order valence-electron chi connectivity index (χ3n) is 6.47. The molecule has 3 heterocycles. The van der Waals surface area contributed by atoms with Crippen molar-refractivity contribution < 1.29 is 0 Å². The lowest BCUT2D eigenvalue weighted by Crippen LogP contribution is -2.04. The van der Waals surface area contributed by atoms with Gasteiger partial charge in [0, 0.05) is 33.5 Å². The number of benzene rings is 4. The van der Waals surface area contributed by atoms with Crippen molar-refractivity contribution in [2.75, 3.05) is 0 Å². The van der Waals surface area contributed by atoms with Crippen LogP contribution in [0.5, 0.6) is 0 Å². The quantitative estimate of drug-likeness (QED) is 0.282. The molecule has 0 saturated heterocycles. The van der Waals surface area contributed by atoms with Gasteiger partial charge in [0.05, 0.1) is 27.9 Å². The summed E-state index contributed by atoms with van der Waals surface area (Å²) < 4.78 is 2.18. The zero-order chi connectivity index (χ0) is 23.2. The highest BCUT2D eigenvalue weighted by atomic mass is 15.2. The number of aromatic nitrogens is 4. The molecule has 0 unspecified atom stereocenters. The summed E-state index contributed by atoms with van der Waals surface area (Å²) in [6.07, 6.45) is 1.84. The number of rotatable bonds is 3. The maximum absolute atomic E-state index is 5.09. The second kappa shape index (κ2) is 7.89. The topological polar surface area (TPSA) is 43.6 Å². The van der Waals surface area contributed by atoms with E-state index in [1.165, 1.54) is 5.39 Å². The molecule has 164 valence electrons. The summed E-state index contributed by atoms with van der Waals surface area (Å²) in [7, 11) is 0. The molecule has 3 aromatic heterocycles. The monoisotopic (exact) mass is 448 g/mol. The summed E-state index contributed by atoms with van der Waals surface area (Å²) in [6, 6.07) is 39.4. The average Bonchev–Trinajstić information content (AvgIpc) is 3.29. The lowest BCUT2D eigenvalue weighted by atomic mass is 10.1. The fourth-order valence-corrected chi connectivity index (χ4v) is 4.88. The molecule has 0 atom stereocenters. The van der Waals surface area contributed by atoms with Crippen molar-refractivity contribution in [2.24, 2.45) is 0 Å². The summed E-state index contributed by atoms with van der Waals surface area (Å²) in [6.45, 7) is 0. The third kappa shape index (κ3) is 3.19. The first-order valence-electron chi connectivity index (χ1n) is 11.6. The predicted octanol–water partition coefficient (Wildman–Crippen LogP) is 7.46. The second-order valence-corrected chi connectivity index (χ2v) is 8.55. The van der Waals surface area contributed by atoms with Gasteiger partial charge in [0.25, 0.3) is 0 Å². The third-order valence-corrected chi connectivity index (χ3v) is 6.47. The van der Waals surface area contributed by atoms with Crippen LogP contribution in [-0.2, 0) is 0 Å². The van der Waals surface area contributed by atoms with E-state index in [0.717, 1.165) is 49.8 Å². The molecule has 0 radical (unpaired) electrons. The van der Waals surface area contributed by atoms with Crippen LogP contribution >= 0.6 is 0 Å². The van der Waals surface area contributed by atoms with Crippen LogP contribution in [0.3, 0.4) is 0 Å². The Morgan fingerprint density at radius 1 is 0.514 bits per heavy atom. The van der Waals surface area contributed by atoms with Gasteiger partial charge in [0.1, 0.15) is 0 Å². The van der Waals surface area contributed by atoms with Crippen molar-refractivity contribution in [1.82, 2.24) is 19.5 Å². The van der Waals surface area contributed by atoms with Gasteiger partial charge >= 0.3 is 0 Å². The molecule has 0 saturated carbocycles. The summed E-state index contributed by atoms with van der Waals surface area (Å²) in [5, 5.41) is 3.46. The van der Waals surface area contributed by atoms with Crippen LogP contribution in [0, 0.1) is 0 Å². The Bertz CT molecular complexity index is 1780. The van der Waals surface area contributed by atoms with E-state index in [0.29, 0.717) is 5.95 Å². The van der Waals surface area contributed by atoms with Crippen molar-refractivity contribution >= 4 is 32.7 Å². The van der Waals surface area contributed by atoms with E-state index < -0.39 is 0 Å². The molecule has 0 bridgehead atoms. The minimum absolute atomic E-state index is 0.652. The van der Waals surface area contributed by atoms with Gasteiger partial charge in [0.2, 0.25) is 5.95 Å². The van der Waals surface area contributed by atoms with Crippen molar-refractivity contribution in [3.8, 4) is 28.5 Å². The molecular weight excluding hydrogens is 428 g/mol. The minimum Gasteiger partial charge on any atom is -0.278 e. The molecule has 7 rings (SSSR count). The van der Waals surface area contributed by atoms with Crippen LogP contribution in [0.15, 0.2) is 121 Å². The van der Waals surface area contributed by atoms with Crippen molar-refractivity contribution in [3.05, 3.63) is 121 Å². The number of para-hydroxylation sites is 1. The molecular formula is C31H20N4. The number of hydrogen-bond acceptors (Lipinski definition) is 3.